The van der Waals surface area contributed by atoms with Crippen LogP contribution in [0.4, 0.5) is 13.2 Å². The van der Waals surface area contributed by atoms with Gasteiger partial charge in [-0.2, -0.15) is 18.3 Å². The van der Waals surface area contributed by atoms with Gasteiger partial charge in [0.05, 0.1) is 6.54 Å². The van der Waals surface area contributed by atoms with E-state index in [0.717, 1.165) is 10.7 Å². The molecule has 0 aliphatic carbocycles. The number of ether oxygens (including phenoxy) is 1. The lowest BCUT2D eigenvalue weighted by atomic mass is 10.4. The minimum atomic E-state index is -4.44. The van der Waals surface area contributed by atoms with Crippen LogP contribution < -0.4 is 5.32 Å². The van der Waals surface area contributed by atoms with Gasteiger partial charge in [-0.1, -0.05) is 0 Å². The minimum absolute atomic E-state index is 0.0522. The van der Waals surface area contributed by atoms with Gasteiger partial charge in [0.2, 0.25) is 5.91 Å². The van der Waals surface area contributed by atoms with Gasteiger partial charge in [-0.15, -0.1) is 0 Å². The average Bonchev–Trinajstić information content (AvgIpc) is 2.74. The van der Waals surface area contributed by atoms with Crippen LogP contribution in [0.5, 0.6) is 0 Å². The molecule has 0 radical (unpaired) electrons. The molecule has 18 heavy (non-hydrogen) atoms. The van der Waals surface area contributed by atoms with Gasteiger partial charge in [-0.25, -0.2) is 0 Å². The average molecular weight is 265 g/mol. The highest BCUT2D eigenvalue weighted by molar-refractivity contribution is 5.77. The van der Waals surface area contributed by atoms with Crippen molar-refractivity contribution in [2.45, 2.75) is 19.6 Å². The van der Waals surface area contributed by atoms with E-state index in [-0.39, 0.29) is 25.6 Å². The number of aromatic nitrogens is 2. The molecule has 0 saturated heterocycles. The summed E-state index contributed by atoms with van der Waals surface area (Å²) in [5.41, 5.74) is -0.942. The molecule has 0 bridgehead atoms. The maximum absolute atomic E-state index is 12.2. The molecule has 0 atom stereocenters. The molecule has 1 N–H and O–H groups in total. The van der Waals surface area contributed by atoms with E-state index < -0.39 is 11.9 Å². The summed E-state index contributed by atoms with van der Waals surface area (Å²) in [6.45, 7) is 2.51. The number of hydrogen-bond acceptors (Lipinski definition) is 3. The van der Waals surface area contributed by atoms with E-state index in [2.05, 4.69) is 10.4 Å². The van der Waals surface area contributed by atoms with Crippen molar-refractivity contribution >= 4 is 5.91 Å². The van der Waals surface area contributed by atoms with Gasteiger partial charge in [0.25, 0.3) is 0 Å². The first-order chi connectivity index (χ1) is 8.43. The van der Waals surface area contributed by atoms with Crippen LogP contribution in [0.2, 0.25) is 0 Å². The topological polar surface area (TPSA) is 56.1 Å². The largest absolute Gasteiger partial charge is 0.435 e. The molecule has 1 rings (SSSR count). The first kappa shape index (κ1) is 14.5. The summed E-state index contributed by atoms with van der Waals surface area (Å²) in [6, 6.07) is 0.891. The van der Waals surface area contributed by atoms with Gasteiger partial charge < -0.3 is 10.1 Å². The highest BCUT2D eigenvalue weighted by Crippen LogP contribution is 2.26. The van der Waals surface area contributed by atoms with Crippen molar-refractivity contribution in [2.75, 3.05) is 19.8 Å². The van der Waals surface area contributed by atoms with Crippen molar-refractivity contribution in [3.05, 3.63) is 18.0 Å². The second-order valence-corrected chi connectivity index (χ2v) is 3.45. The van der Waals surface area contributed by atoms with E-state index in [0.29, 0.717) is 6.61 Å². The van der Waals surface area contributed by atoms with Crippen LogP contribution in [-0.4, -0.2) is 35.4 Å². The fraction of sp³-hybridized carbons (Fsp3) is 0.600. The predicted molar refractivity (Wildman–Crippen MR) is 56.7 cm³/mol. The molecule has 0 aliphatic rings. The van der Waals surface area contributed by atoms with Crippen molar-refractivity contribution in [1.82, 2.24) is 15.1 Å². The Labute approximate surface area is 102 Å². The van der Waals surface area contributed by atoms with Gasteiger partial charge in [-0.05, 0) is 13.0 Å². The fourth-order valence-electron chi connectivity index (χ4n) is 1.19. The number of halogens is 3. The van der Waals surface area contributed by atoms with Gasteiger partial charge in [0.1, 0.15) is 6.61 Å². The van der Waals surface area contributed by atoms with E-state index in [4.69, 9.17) is 4.74 Å². The van der Waals surface area contributed by atoms with Crippen molar-refractivity contribution < 1.29 is 22.7 Å². The molecule has 0 spiro atoms. The number of rotatable bonds is 6. The second kappa shape index (κ2) is 6.39. The molecule has 0 aromatic carbocycles. The van der Waals surface area contributed by atoms with Crippen molar-refractivity contribution in [1.29, 1.82) is 0 Å². The van der Waals surface area contributed by atoms with Gasteiger partial charge in [-0.3, -0.25) is 9.48 Å². The zero-order valence-corrected chi connectivity index (χ0v) is 9.83. The van der Waals surface area contributed by atoms with E-state index in [9.17, 15) is 18.0 Å². The summed E-state index contributed by atoms with van der Waals surface area (Å²) < 4.78 is 42.7. The Kier molecular flexibility index (Phi) is 5.14. The Morgan fingerprint density at radius 2 is 2.28 bits per heavy atom. The summed E-state index contributed by atoms with van der Waals surface area (Å²) in [6.07, 6.45) is -3.22. The SMILES string of the molecule is CCOCC(=O)NCCn1ccc(C(F)(F)F)n1. The van der Waals surface area contributed by atoms with Gasteiger partial charge >= 0.3 is 6.18 Å². The van der Waals surface area contributed by atoms with E-state index in [1.54, 1.807) is 6.92 Å². The number of hydrogen-bond donors (Lipinski definition) is 1. The van der Waals surface area contributed by atoms with E-state index in [1.165, 1.54) is 6.20 Å². The first-order valence-electron chi connectivity index (χ1n) is 5.38. The zero-order chi connectivity index (χ0) is 13.6. The summed E-state index contributed by atoms with van der Waals surface area (Å²) in [4.78, 5) is 11.1. The summed E-state index contributed by atoms with van der Waals surface area (Å²) in [7, 11) is 0. The molecule has 0 aliphatic heterocycles. The molecule has 0 unspecified atom stereocenters. The Morgan fingerprint density at radius 1 is 1.56 bits per heavy atom. The van der Waals surface area contributed by atoms with E-state index in [1.807, 2.05) is 0 Å². The number of carbonyl (C=O) groups excluding carboxylic acids is 1. The van der Waals surface area contributed by atoms with Gasteiger partial charge in [0.15, 0.2) is 5.69 Å². The molecule has 0 fully saturated rings. The monoisotopic (exact) mass is 265 g/mol. The van der Waals surface area contributed by atoms with Crippen LogP contribution in [-0.2, 0) is 22.3 Å². The summed E-state index contributed by atoms with van der Waals surface area (Å²) >= 11 is 0. The predicted octanol–water partition coefficient (Wildman–Crippen LogP) is 1.05. The highest BCUT2D eigenvalue weighted by Gasteiger charge is 2.33. The molecule has 1 amide bonds. The standard InChI is InChI=1S/C10H14F3N3O2/c1-2-18-7-9(17)14-4-6-16-5-3-8(15-16)10(11,12)13/h3,5H,2,4,6-7H2,1H3,(H,14,17). The Balaban J connectivity index is 2.32. The Morgan fingerprint density at radius 3 is 2.83 bits per heavy atom. The molecule has 5 nitrogen and oxygen atoms in total. The Hall–Kier alpha value is -1.57. The molecule has 8 heteroatoms. The third-order valence-electron chi connectivity index (χ3n) is 2.03. The lowest BCUT2D eigenvalue weighted by Crippen LogP contribution is -2.30. The van der Waals surface area contributed by atoms with Crippen LogP contribution in [0.25, 0.3) is 0 Å². The van der Waals surface area contributed by atoms with Crippen molar-refractivity contribution in [2.24, 2.45) is 0 Å². The number of alkyl halides is 3. The Bertz CT molecular complexity index is 390. The third kappa shape index (κ3) is 4.74. The number of nitrogens with zero attached hydrogens (tertiary/aromatic N) is 2. The maximum atomic E-state index is 12.2. The van der Waals surface area contributed by atoms with E-state index >= 15 is 0 Å². The lowest BCUT2D eigenvalue weighted by Gasteiger charge is -2.05. The number of carbonyl (C=O) groups is 1. The van der Waals surface area contributed by atoms with Crippen molar-refractivity contribution in [3.63, 3.8) is 0 Å². The molecule has 0 saturated carbocycles. The maximum Gasteiger partial charge on any atom is 0.435 e. The molecule has 1 aromatic heterocycles. The fourth-order valence-corrected chi connectivity index (χ4v) is 1.19. The van der Waals surface area contributed by atoms with Crippen LogP contribution in [0.1, 0.15) is 12.6 Å². The summed E-state index contributed by atoms with van der Waals surface area (Å²) in [5.74, 6) is -0.306. The molecular weight excluding hydrogens is 251 g/mol. The molecule has 102 valence electrons. The molecule has 1 heterocycles. The molecular formula is C10H14F3N3O2. The quantitative estimate of drug-likeness (QED) is 0.836. The van der Waals surface area contributed by atoms with Crippen LogP contribution in [0.15, 0.2) is 12.3 Å². The zero-order valence-electron chi connectivity index (χ0n) is 9.83. The number of nitrogens with one attached hydrogen (secondary N) is 1. The smallest absolute Gasteiger partial charge is 0.372 e. The second-order valence-electron chi connectivity index (χ2n) is 3.45. The highest BCUT2D eigenvalue weighted by atomic mass is 19.4. The first-order valence-corrected chi connectivity index (χ1v) is 5.38. The lowest BCUT2D eigenvalue weighted by molar-refractivity contribution is -0.141. The third-order valence-corrected chi connectivity index (χ3v) is 2.03. The van der Waals surface area contributed by atoms with Crippen LogP contribution in [0, 0.1) is 0 Å². The summed E-state index contributed by atoms with van der Waals surface area (Å²) in [5, 5.41) is 5.86. The minimum Gasteiger partial charge on any atom is -0.372 e. The van der Waals surface area contributed by atoms with Crippen molar-refractivity contribution in [3.8, 4) is 0 Å². The number of amides is 1. The van der Waals surface area contributed by atoms with Crippen LogP contribution in [0.3, 0.4) is 0 Å². The van der Waals surface area contributed by atoms with Crippen LogP contribution >= 0.6 is 0 Å². The molecule has 1 aromatic rings. The van der Waals surface area contributed by atoms with Gasteiger partial charge in [0, 0.05) is 19.3 Å². The normalized spacial score (nSPS) is 11.6.